The van der Waals surface area contributed by atoms with Gasteiger partial charge in [-0.05, 0) is 24.8 Å². The lowest BCUT2D eigenvalue weighted by Crippen LogP contribution is -2.41. The van der Waals surface area contributed by atoms with E-state index in [-0.39, 0.29) is 11.9 Å². The first kappa shape index (κ1) is 16.0. The minimum atomic E-state index is -0.514. The molecule has 0 saturated heterocycles. The highest BCUT2D eigenvalue weighted by molar-refractivity contribution is 5.81. The van der Waals surface area contributed by atoms with Crippen molar-refractivity contribution in [1.82, 2.24) is 5.32 Å². The zero-order valence-corrected chi connectivity index (χ0v) is 11.6. The third-order valence-electron chi connectivity index (χ3n) is 2.86. The average molecular weight is 277 g/mol. The van der Waals surface area contributed by atoms with E-state index < -0.39 is 6.04 Å². The normalized spacial score (nSPS) is 11.7. The van der Waals surface area contributed by atoms with Crippen molar-refractivity contribution in [2.75, 3.05) is 13.1 Å². The minimum absolute atomic E-state index is 0.0610. The number of nitrogens with zero attached hydrogens (tertiary/aromatic N) is 1. The molecule has 0 aliphatic carbocycles. The van der Waals surface area contributed by atoms with Crippen LogP contribution in [0.5, 0.6) is 0 Å². The van der Waals surface area contributed by atoms with Gasteiger partial charge in [-0.2, -0.15) is 0 Å². The van der Waals surface area contributed by atoms with Crippen molar-refractivity contribution >= 4 is 11.9 Å². The molecule has 1 aromatic rings. The van der Waals surface area contributed by atoms with Gasteiger partial charge in [0.05, 0.1) is 6.04 Å². The van der Waals surface area contributed by atoms with Gasteiger partial charge < -0.3 is 22.5 Å². The molecule has 6 nitrogen and oxygen atoms in total. The summed E-state index contributed by atoms with van der Waals surface area (Å²) in [5.41, 5.74) is 17.4. The summed E-state index contributed by atoms with van der Waals surface area (Å²) in [6.45, 7) is 1.08. The molecular weight excluding hydrogens is 254 g/mol. The standard InChI is InChI=1S/C14H23N5O/c15-12(7-4-9-19-14(16)17)13(20)18-10-8-11-5-2-1-3-6-11/h1-3,5-6,12H,4,7-10,15H2,(H,18,20)(H4,16,17,19)/t12-/m0/s1. The fraction of sp³-hybridized carbons (Fsp3) is 0.429. The number of hydrogen-bond donors (Lipinski definition) is 4. The molecule has 1 aromatic carbocycles. The number of hydrogen-bond acceptors (Lipinski definition) is 3. The summed E-state index contributed by atoms with van der Waals surface area (Å²) in [6, 6.07) is 9.47. The van der Waals surface area contributed by atoms with Crippen molar-refractivity contribution in [3.63, 3.8) is 0 Å². The number of benzene rings is 1. The fourth-order valence-electron chi connectivity index (χ4n) is 1.76. The maximum Gasteiger partial charge on any atom is 0.236 e. The van der Waals surface area contributed by atoms with Gasteiger partial charge in [-0.1, -0.05) is 30.3 Å². The van der Waals surface area contributed by atoms with Crippen LogP contribution in [0.25, 0.3) is 0 Å². The SMILES string of the molecule is NC(N)=NCCC[C@H](N)C(=O)NCCc1ccccc1. The van der Waals surface area contributed by atoms with E-state index in [0.29, 0.717) is 25.9 Å². The summed E-state index contributed by atoms with van der Waals surface area (Å²) in [4.78, 5) is 15.6. The van der Waals surface area contributed by atoms with Crippen LogP contribution in [-0.2, 0) is 11.2 Å². The number of aliphatic imine (C=N–C) groups is 1. The highest BCUT2D eigenvalue weighted by Crippen LogP contribution is 1.99. The Kier molecular flexibility index (Phi) is 7.13. The lowest BCUT2D eigenvalue weighted by Gasteiger charge is -2.11. The zero-order valence-electron chi connectivity index (χ0n) is 11.6. The highest BCUT2D eigenvalue weighted by atomic mass is 16.2. The fourth-order valence-corrected chi connectivity index (χ4v) is 1.76. The second kappa shape index (κ2) is 8.92. The molecule has 7 N–H and O–H groups in total. The Morgan fingerprint density at radius 1 is 1.25 bits per heavy atom. The molecule has 0 aromatic heterocycles. The summed E-state index contributed by atoms with van der Waals surface area (Å²) in [6.07, 6.45) is 2.05. The molecule has 0 fully saturated rings. The van der Waals surface area contributed by atoms with E-state index in [1.54, 1.807) is 0 Å². The second-order valence-electron chi connectivity index (χ2n) is 4.58. The van der Waals surface area contributed by atoms with Gasteiger partial charge in [-0.25, -0.2) is 0 Å². The molecule has 0 aliphatic heterocycles. The third kappa shape index (κ3) is 6.75. The maximum absolute atomic E-state index is 11.7. The van der Waals surface area contributed by atoms with E-state index in [1.807, 2.05) is 30.3 Å². The molecule has 0 unspecified atom stereocenters. The van der Waals surface area contributed by atoms with Gasteiger partial charge in [-0.3, -0.25) is 9.79 Å². The lowest BCUT2D eigenvalue weighted by atomic mass is 10.1. The van der Waals surface area contributed by atoms with Gasteiger partial charge in [0, 0.05) is 13.1 Å². The maximum atomic E-state index is 11.7. The Labute approximate surface area is 119 Å². The summed E-state index contributed by atoms with van der Waals surface area (Å²) in [7, 11) is 0. The number of guanidine groups is 1. The first-order valence-electron chi connectivity index (χ1n) is 6.72. The van der Waals surface area contributed by atoms with Crippen LogP contribution in [0.1, 0.15) is 18.4 Å². The molecule has 110 valence electrons. The predicted molar refractivity (Wildman–Crippen MR) is 81.0 cm³/mol. The Morgan fingerprint density at radius 3 is 2.60 bits per heavy atom. The highest BCUT2D eigenvalue weighted by Gasteiger charge is 2.11. The van der Waals surface area contributed by atoms with E-state index in [9.17, 15) is 4.79 Å². The number of rotatable bonds is 8. The van der Waals surface area contributed by atoms with E-state index in [1.165, 1.54) is 5.56 Å². The number of amides is 1. The Morgan fingerprint density at radius 2 is 1.95 bits per heavy atom. The molecule has 0 saturated carbocycles. The summed E-state index contributed by atoms with van der Waals surface area (Å²) >= 11 is 0. The van der Waals surface area contributed by atoms with Crippen LogP contribution in [0.3, 0.4) is 0 Å². The molecule has 20 heavy (non-hydrogen) atoms. The molecule has 1 amide bonds. The largest absolute Gasteiger partial charge is 0.370 e. The Hall–Kier alpha value is -2.08. The molecule has 0 heterocycles. The molecule has 0 bridgehead atoms. The van der Waals surface area contributed by atoms with Crippen molar-refractivity contribution in [1.29, 1.82) is 0 Å². The average Bonchev–Trinajstić information content (AvgIpc) is 2.44. The second-order valence-corrected chi connectivity index (χ2v) is 4.58. The Balaban J connectivity index is 2.17. The Bertz CT molecular complexity index is 428. The van der Waals surface area contributed by atoms with Crippen LogP contribution >= 0.6 is 0 Å². The van der Waals surface area contributed by atoms with E-state index in [4.69, 9.17) is 17.2 Å². The molecule has 1 rings (SSSR count). The van der Waals surface area contributed by atoms with Gasteiger partial charge in [0.15, 0.2) is 5.96 Å². The molecule has 1 atom stereocenters. The van der Waals surface area contributed by atoms with Crippen LogP contribution in [0, 0.1) is 0 Å². The van der Waals surface area contributed by atoms with Crippen molar-refractivity contribution in [3.05, 3.63) is 35.9 Å². The quantitative estimate of drug-likeness (QED) is 0.297. The minimum Gasteiger partial charge on any atom is -0.370 e. The summed E-state index contributed by atoms with van der Waals surface area (Å²) in [5.74, 6) is -0.0727. The zero-order chi connectivity index (χ0) is 14.8. The van der Waals surface area contributed by atoms with Gasteiger partial charge in [0.2, 0.25) is 5.91 Å². The molecule has 0 radical (unpaired) electrons. The first-order valence-corrected chi connectivity index (χ1v) is 6.72. The molecular formula is C14H23N5O. The van der Waals surface area contributed by atoms with E-state index in [0.717, 1.165) is 6.42 Å². The third-order valence-corrected chi connectivity index (χ3v) is 2.86. The van der Waals surface area contributed by atoms with Crippen LogP contribution in [0.4, 0.5) is 0 Å². The van der Waals surface area contributed by atoms with Crippen molar-refractivity contribution < 1.29 is 4.79 Å². The number of nitrogens with one attached hydrogen (secondary N) is 1. The van der Waals surface area contributed by atoms with Crippen molar-refractivity contribution in [3.8, 4) is 0 Å². The van der Waals surface area contributed by atoms with Crippen LogP contribution in [-0.4, -0.2) is 31.0 Å². The molecule has 0 aliphatic rings. The van der Waals surface area contributed by atoms with E-state index >= 15 is 0 Å². The summed E-state index contributed by atoms with van der Waals surface area (Å²) < 4.78 is 0. The predicted octanol–water partition coefficient (Wildman–Crippen LogP) is -0.274. The van der Waals surface area contributed by atoms with Crippen LogP contribution < -0.4 is 22.5 Å². The number of nitrogens with two attached hydrogens (primary N) is 3. The van der Waals surface area contributed by atoms with Crippen LogP contribution in [0.15, 0.2) is 35.3 Å². The molecule has 6 heteroatoms. The number of carbonyl (C=O) groups excluding carboxylic acids is 1. The first-order chi connectivity index (χ1) is 9.59. The monoisotopic (exact) mass is 277 g/mol. The summed E-state index contributed by atoms with van der Waals surface area (Å²) in [5, 5.41) is 2.83. The van der Waals surface area contributed by atoms with Crippen molar-refractivity contribution in [2.45, 2.75) is 25.3 Å². The van der Waals surface area contributed by atoms with Gasteiger partial charge >= 0.3 is 0 Å². The smallest absolute Gasteiger partial charge is 0.236 e. The van der Waals surface area contributed by atoms with E-state index in [2.05, 4.69) is 10.3 Å². The van der Waals surface area contributed by atoms with Gasteiger partial charge in [0.25, 0.3) is 0 Å². The van der Waals surface area contributed by atoms with Crippen molar-refractivity contribution in [2.24, 2.45) is 22.2 Å². The number of carbonyl (C=O) groups is 1. The molecule has 0 spiro atoms. The topological polar surface area (TPSA) is 120 Å². The van der Waals surface area contributed by atoms with Crippen LogP contribution in [0.2, 0.25) is 0 Å². The van der Waals surface area contributed by atoms with Gasteiger partial charge in [0.1, 0.15) is 0 Å². The van der Waals surface area contributed by atoms with Gasteiger partial charge in [-0.15, -0.1) is 0 Å². The lowest BCUT2D eigenvalue weighted by molar-refractivity contribution is -0.122.